The van der Waals surface area contributed by atoms with Crippen LogP contribution in [0, 0.1) is 11.3 Å². The zero-order valence-corrected chi connectivity index (χ0v) is 11.3. The molecule has 104 valence electrons. The van der Waals surface area contributed by atoms with Crippen molar-refractivity contribution in [3.05, 3.63) is 54.0 Å². The number of nitrogens with zero attached hydrogens (tertiary/aromatic N) is 2. The van der Waals surface area contributed by atoms with Crippen LogP contribution in [0.15, 0.2) is 47.1 Å². The van der Waals surface area contributed by atoms with Gasteiger partial charge in [0.25, 0.3) is 0 Å². The lowest BCUT2D eigenvalue weighted by molar-refractivity contribution is 0.231. The van der Waals surface area contributed by atoms with Gasteiger partial charge in [0.05, 0.1) is 18.9 Å². The van der Waals surface area contributed by atoms with Crippen LogP contribution < -0.4 is 0 Å². The van der Waals surface area contributed by atoms with Crippen molar-refractivity contribution in [2.45, 2.75) is 25.9 Å². The largest absolute Gasteiger partial charge is 0.508 e. The molecular formula is C16H18N2O2. The van der Waals surface area contributed by atoms with Crippen LogP contribution >= 0.6 is 0 Å². The van der Waals surface area contributed by atoms with Gasteiger partial charge in [0, 0.05) is 18.5 Å². The molecule has 1 aromatic heterocycles. The molecule has 0 aliphatic carbocycles. The fraction of sp³-hybridized carbons (Fsp3) is 0.312. The molecule has 0 fully saturated rings. The molecule has 4 heteroatoms. The Hall–Kier alpha value is -2.25. The molecule has 0 atom stereocenters. The number of hydrogen-bond acceptors (Lipinski definition) is 4. The van der Waals surface area contributed by atoms with Crippen molar-refractivity contribution in [2.24, 2.45) is 0 Å². The number of phenolic OH excluding ortho intramolecular Hbond substituents is 1. The Kier molecular flexibility index (Phi) is 5.22. The molecule has 0 aliphatic rings. The SMILES string of the molecule is N#CCCCN(Cc1ccco1)Cc1ccccc1O. The van der Waals surface area contributed by atoms with Crippen molar-refractivity contribution in [1.82, 2.24) is 4.90 Å². The fourth-order valence-electron chi connectivity index (χ4n) is 2.10. The highest BCUT2D eigenvalue weighted by Crippen LogP contribution is 2.19. The van der Waals surface area contributed by atoms with E-state index in [1.807, 2.05) is 30.3 Å². The van der Waals surface area contributed by atoms with Gasteiger partial charge < -0.3 is 9.52 Å². The summed E-state index contributed by atoms with van der Waals surface area (Å²) in [6, 6.07) is 13.3. The van der Waals surface area contributed by atoms with Gasteiger partial charge in [0.15, 0.2) is 0 Å². The summed E-state index contributed by atoms with van der Waals surface area (Å²) in [7, 11) is 0. The zero-order chi connectivity index (χ0) is 14.2. The summed E-state index contributed by atoms with van der Waals surface area (Å²) in [5, 5.41) is 18.5. The van der Waals surface area contributed by atoms with E-state index in [-0.39, 0.29) is 0 Å². The van der Waals surface area contributed by atoms with E-state index in [9.17, 15) is 5.11 Å². The molecule has 0 aliphatic heterocycles. The minimum Gasteiger partial charge on any atom is -0.508 e. The molecule has 20 heavy (non-hydrogen) atoms. The van der Waals surface area contributed by atoms with Gasteiger partial charge in [-0.05, 0) is 31.2 Å². The monoisotopic (exact) mass is 270 g/mol. The van der Waals surface area contributed by atoms with Crippen molar-refractivity contribution >= 4 is 0 Å². The first-order valence-corrected chi connectivity index (χ1v) is 6.68. The van der Waals surface area contributed by atoms with Crippen LogP contribution in [0.2, 0.25) is 0 Å². The van der Waals surface area contributed by atoms with Gasteiger partial charge in [0.1, 0.15) is 11.5 Å². The maximum absolute atomic E-state index is 9.85. The smallest absolute Gasteiger partial charge is 0.120 e. The van der Waals surface area contributed by atoms with Gasteiger partial charge >= 0.3 is 0 Å². The Morgan fingerprint density at radius 3 is 2.70 bits per heavy atom. The third kappa shape index (κ3) is 4.15. The molecule has 0 saturated carbocycles. The molecule has 0 saturated heterocycles. The highest BCUT2D eigenvalue weighted by molar-refractivity contribution is 5.31. The molecule has 1 heterocycles. The van der Waals surface area contributed by atoms with Gasteiger partial charge in [-0.25, -0.2) is 0 Å². The predicted octanol–water partition coefficient (Wildman–Crippen LogP) is 3.29. The summed E-state index contributed by atoms with van der Waals surface area (Å²) in [5.74, 6) is 1.19. The molecule has 0 unspecified atom stereocenters. The quantitative estimate of drug-likeness (QED) is 0.784. The highest BCUT2D eigenvalue weighted by atomic mass is 16.3. The molecule has 2 rings (SSSR count). The number of para-hydroxylation sites is 1. The van der Waals surface area contributed by atoms with E-state index in [0.29, 0.717) is 25.3 Å². The van der Waals surface area contributed by atoms with E-state index in [2.05, 4.69) is 11.0 Å². The minimum atomic E-state index is 0.303. The normalized spacial score (nSPS) is 10.6. The summed E-state index contributed by atoms with van der Waals surface area (Å²) < 4.78 is 5.37. The second-order valence-corrected chi connectivity index (χ2v) is 4.68. The highest BCUT2D eigenvalue weighted by Gasteiger charge is 2.10. The lowest BCUT2D eigenvalue weighted by Gasteiger charge is -2.21. The average Bonchev–Trinajstić information content (AvgIpc) is 2.94. The molecule has 0 radical (unpaired) electrons. The molecule has 0 spiro atoms. The second kappa shape index (κ2) is 7.37. The molecule has 1 N–H and O–H groups in total. The Morgan fingerprint density at radius 2 is 2.00 bits per heavy atom. The number of benzene rings is 1. The fourth-order valence-corrected chi connectivity index (χ4v) is 2.10. The Bertz CT molecular complexity index is 558. The first-order chi connectivity index (χ1) is 9.79. The first-order valence-electron chi connectivity index (χ1n) is 6.68. The van der Waals surface area contributed by atoms with Crippen LogP contribution in [0.5, 0.6) is 5.75 Å². The number of aromatic hydroxyl groups is 1. The summed E-state index contributed by atoms with van der Waals surface area (Å²) in [4.78, 5) is 2.17. The van der Waals surface area contributed by atoms with Crippen LogP contribution in [0.3, 0.4) is 0 Å². The van der Waals surface area contributed by atoms with E-state index in [1.165, 1.54) is 0 Å². The number of unbranched alkanes of at least 4 members (excludes halogenated alkanes) is 1. The van der Waals surface area contributed by atoms with Crippen molar-refractivity contribution in [3.63, 3.8) is 0 Å². The Morgan fingerprint density at radius 1 is 1.15 bits per heavy atom. The zero-order valence-electron chi connectivity index (χ0n) is 11.3. The first kappa shape index (κ1) is 14.2. The standard InChI is InChI=1S/C16H18N2O2/c17-9-3-4-10-18(13-15-7-5-11-20-15)12-14-6-1-2-8-16(14)19/h1-2,5-8,11,19H,3-4,10,12-13H2. The number of hydrogen-bond donors (Lipinski definition) is 1. The van der Waals surface area contributed by atoms with Crippen LogP contribution in [0.4, 0.5) is 0 Å². The topological polar surface area (TPSA) is 60.4 Å². The maximum atomic E-state index is 9.85. The summed E-state index contributed by atoms with van der Waals surface area (Å²) in [6.07, 6.45) is 3.00. The van der Waals surface area contributed by atoms with Gasteiger partial charge in [0.2, 0.25) is 0 Å². The van der Waals surface area contributed by atoms with Gasteiger partial charge in [-0.3, -0.25) is 4.90 Å². The Balaban J connectivity index is 2.02. The summed E-state index contributed by atoms with van der Waals surface area (Å²) >= 11 is 0. The molecule has 0 amide bonds. The summed E-state index contributed by atoms with van der Waals surface area (Å²) in [6.45, 7) is 2.11. The Labute approximate surface area is 118 Å². The number of rotatable bonds is 7. The van der Waals surface area contributed by atoms with Crippen molar-refractivity contribution < 1.29 is 9.52 Å². The second-order valence-electron chi connectivity index (χ2n) is 4.68. The molecule has 0 bridgehead atoms. The number of furan rings is 1. The van der Waals surface area contributed by atoms with Crippen molar-refractivity contribution in [3.8, 4) is 11.8 Å². The van der Waals surface area contributed by atoms with Crippen LogP contribution in [-0.2, 0) is 13.1 Å². The van der Waals surface area contributed by atoms with Gasteiger partial charge in [-0.2, -0.15) is 5.26 Å². The lowest BCUT2D eigenvalue weighted by Crippen LogP contribution is -2.23. The third-order valence-electron chi connectivity index (χ3n) is 3.11. The summed E-state index contributed by atoms with van der Waals surface area (Å²) in [5.41, 5.74) is 0.885. The number of nitriles is 1. The van der Waals surface area contributed by atoms with Crippen molar-refractivity contribution in [2.75, 3.05) is 6.54 Å². The van der Waals surface area contributed by atoms with Gasteiger partial charge in [-0.1, -0.05) is 18.2 Å². The van der Waals surface area contributed by atoms with Crippen LogP contribution in [-0.4, -0.2) is 16.6 Å². The van der Waals surface area contributed by atoms with E-state index in [0.717, 1.165) is 24.3 Å². The van der Waals surface area contributed by atoms with E-state index >= 15 is 0 Å². The lowest BCUT2D eigenvalue weighted by atomic mass is 10.1. The van der Waals surface area contributed by atoms with Gasteiger partial charge in [-0.15, -0.1) is 0 Å². The number of phenols is 1. The average molecular weight is 270 g/mol. The molecule has 2 aromatic rings. The molecule has 4 nitrogen and oxygen atoms in total. The third-order valence-corrected chi connectivity index (χ3v) is 3.11. The van der Waals surface area contributed by atoms with Crippen LogP contribution in [0.25, 0.3) is 0 Å². The molecule has 1 aromatic carbocycles. The van der Waals surface area contributed by atoms with E-state index in [1.54, 1.807) is 12.3 Å². The maximum Gasteiger partial charge on any atom is 0.120 e. The molecular weight excluding hydrogens is 252 g/mol. The predicted molar refractivity (Wildman–Crippen MR) is 75.8 cm³/mol. The van der Waals surface area contributed by atoms with E-state index in [4.69, 9.17) is 9.68 Å². The van der Waals surface area contributed by atoms with E-state index < -0.39 is 0 Å². The van der Waals surface area contributed by atoms with Crippen LogP contribution in [0.1, 0.15) is 24.2 Å². The van der Waals surface area contributed by atoms with Crippen molar-refractivity contribution in [1.29, 1.82) is 5.26 Å². The minimum absolute atomic E-state index is 0.303.